The Labute approximate surface area is 298 Å². The number of halogens is 2. The molecule has 0 bridgehead atoms. The smallest absolute Gasteiger partial charge is 0.00969 e. The fraction of sp³-hybridized carbons (Fsp3) is 0.550. The molecule has 4 heteroatoms. The zero-order chi connectivity index (χ0) is 30.9. The number of rotatable bonds is 4. The number of hydrogen-bond donors (Lipinski definition) is 0. The van der Waals surface area contributed by atoms with Crippen LogP contribution >= 0.6 is 0 Å². The van der Waals surface area contributed by atoms with Gasteiger partial charge in [0.15, 0.2) is 0 Å². The van der Waals surface area contributed by atoms with Crippen LogP contribution in [-0.4, -0.2) is 5.43 Å². The molecule has 0 aromatic heterocycles. The van der Waals surface area contributed by atoms with E-state index in [1.807, 2.05) is 53.7 Å². The van der Waals surface area contributed by atoms with Crippen LogP contribution in [0.2, 0.25) is 12.1 Å². The monoisotopic (exact) mass is 724 g/mol. The molecule has 2 aromatic rings. The average molecular weight is 727 g/mol. The number of hydrogen-bond acceptors (Lipinski definition) is 0. The molecule has 0 heterocycles. The Balaban J connectivity index is 0.000000378. The molecule has 4 aliphatic carbocycles. The second kappa shape index (κ2) is 15.5. The molecule has 2 aromatic carbocycles. The van der Waals surface area contributed by atoms with Gasteiger partial charge in [-0.05, 0) is 40.6 Å². The van der Waals surface area contributed by atoms with E-state index in [0.29, 0.717) is 5.92 Å². The van der Waals surface area contributed by atoms with E-state index in [1.54, 1.807) is 40.3 Å². The van der Waals surface area contributed by atoms with Gasteiger partial charge in [0.25, 0.3) is 0 Å². The first-order chi connectivity index (χ1) is 19.8. The van der Waals surface area contributed by atoms with E-state index in [-0.39, 0.29) is 51.9 Å². The summed E-state index contributed by atoms with van der Waals surface area (Å²) in [7, 11) is 0. The molecule has 240 valence electrons. The van der Waals surface area contributed by atoms with E-state index in [2.05, 4.69) is 106 Å². The zero-order valence-corrected chi connectivity index (χ0v) is 34.1. The second-order valence-electron chi connectivity index (χ2n) is 14.8. The quantitative estimate of drug-likeness (QED) is 0.280. The Kier molecular flexibility index (Phi) is 13.9. The van der Waals surface area contributed by atoms with E-state index in [1.165, 1.54) is 36.8 Å². The van der Waals surface area contributed by atoms with Crippen molar-refractivity contribution >= 4 is 11.0 Å². The summed E-state index contributed by atoms with van der Waals surface area (Å²) < 4.78 is 0. The van der Waals surface area contributed by atoms with E-state index in [0.717, 1.165) is 6.42 Å². The summed E-state index contributed by atoms with van der Waals surface area (Å²) in [5, 5.41) is 0. The van der Waals surface area contributed by atoms with Gasteiger partial charge in [-0.1, -0.05) is 113 Å². The third-order valence-electron chi connectivity index (χ3n) is 12.5. The molecular weight excluding hydrogens is 671 g/mol. The van der Waals surface area contributed by atoms with Gasteiger partial charge in [-0.15, -0.1) is 6.92 Å². The first kappa shape index (κ1) is 39.5. The maximum absolute atomic E-state index is 2.62. The predicted molar refractivity (Wildman–Crippen MR) is 182 cm³/mol. The van der Waals surface area contributed by atoms with E-state index < -0.39 is 0 Å². The largest absolute Gasteiger partial charge is 1.00 e. The van der Waals surface area contributed by atoms with Gasteiger partial charge in [0.05, 0.1) is 0 Å². The maximum atomic E-state index is 2.62. The summed E-state index contributed by atoms with van der Waals surface area (Å²) in [4.78, 5) is 0. The minimum absolute atomic E-state index is 0. The Morgan fingerprint density at radius 2 is 1.48 bits per heavy atom. The first-order valence-electron chi connectivity index (χ1n) is 16.6. The van der Waals surface area contributed by atoms with Crippen molar-refractivity contribution in [1.82, 2.24) is 0 Å². The van der Waals surface area contributed by atoms with E-state index >= 15 is 0 Å². The summed E-state index contributed by atoms with van der Waals surface area (Å²) in [5.74, 6) is 2.24. The summed E-state index contributed by atoms with van der Waals surface area (Å²) in [6.45, 7) is 24.9. The van der Waals surface area contributed by atoms with Crippen LogP contribution in [0.25, 0.3) is 5.57 Å². The van der Waals surface area contributed by atoms with Crippen LogP contribution in [0.1, 0.15) is 106 Å². The minimum Gasteiger partial charge on any atom is -1.00 e. The van der Waals surface area contributed by atoms with Gasteiger partial charge in [-0.3, -0.25) is 0 Å². The van der Waals surface area contributed by atoms with Gasteiger partial charge in [0.2, 0.25) is 0 Å². The van der Waals surface area contributed by atoms with Crippen LogP contribution in [0.15, 0.2) is 83.5 Å². The molecule has 0 amide bonds. The molecule has 0 aliphatic heterocycles. The van der Waals surface area contributed by atoms with Crippen molar-refractivity contribution in [3.8, 4) is 0 Å². The predicted octanol–water partition coefficient (Wildman–Crippen LogP) is 5.72. The standard InChI is InChI=1S/C29H37.C6H14Si.C5H5.2ClH.Zr/c1-18-25-22-17-19-13-9-10-14-20(19)24(22)21-15-11-12-16-23(21)29(25,8)28(6,7)27(4,5)26(18,2)3;1-3-5-7-6-4-2;1-2-4-5-3-1;;;/h9-11,13-15,23H,12,16-17H2,1-8H3;3-6H2,1-2H3;1-5H;2*1H;/q-1;;-1;;;+2/p-2. The van der Waals surface area contributed by atoms with Crippen LogP contribution in [0.5, 0.6) is 0 Å². The van der Waals surface area contributed by atoms with Gasteiger partial charge < -0.3 is 24.8 Å². The minimum atomic E-state index is 0. The normalized spacial score (nSPS) is 24.5. The van der Waals surface area contributed by atoms with Gasteiger partial charge in [-0.2, -0.15) is 29.3 Å². The van der Waals surface area contributed by atoms with Crippen LogP contribution in [0.3, 0.4) is 0 Å². The fourth-order valence-corrected chi connectivity index (χ4v) is 13.8. The van der Waals surface area contributed by atoms with Crippen molar-refractivity contribution < 1.29 is 48.1 Å². The van der Waals surface area contributed by atoms with Crippen molar-refractivity contribution in [3.05, 3.63) is 101 Å². The van der Waals surface area contributed by atoms with Crippen molar-refractivity contribution in [3.63, 3.8) is 0 Å². The van der Waals surface area contributed by atoms with Crippen molar-refractivity contribution in [2.75, 3.05) is 0 Å². The summed E-state index contributed by atoms with van der Waals surface area (Å²) in [5.41, 5.74) is 10.5. The van der Waals surface area contributed by atoms with Crippen LogP contribution in [-0.2, 0) is 29.8 Å². The number of allylic oxidation sites excluding steroid dienone is 6. The molecule has 6 rings (SSSR count). The van der Waals surface area contributed by atoms with Gasteiger partial charge in [0, 0.05) is 0 Å². The molecule has 0 spiro atoms. The Bertz CT molecular complexity index is 1330. The molecule has 1 fully saturated rings. The van der Waals surface area contributed by atoms with Gasteiger partial charge in [0.1, 0.15) is 0 Å². The van der Waals surface area contributed by atoms with Crippen LogP contribution < -0.4 is 24.8 Å². The average Bonchev–Trinajstić information content (AvgIpc) is 3.65. The molecule has 2 atom stereocenters. The van der Waals surface area contributed by atoms with Crippen molar-refractivity contribution in [2.24, 2.45) is 27.6 Å². The van der Waals surface area contributed by atoms with Crippen LogP contribution in [0.4, 0.5) is 0 Å². The van der Waals surface area contributed by atoms with Crippen LogP contribution in [0, 0.1) is 33.5 Å². The number of fused-ring (bicyclic) bond motifs is 6. The first-order valence-corrected chi connectivity index (χ1v) is 22.2. The Morgan fingerprint density at radius 1 is 0.886 bits per heavy atom. The molecule has 0 saturated heterocycles. The van der Waals surface area contributed by atoms with Crippen molar-refractivity contribution in [2.45, 2.75) is 113 Å². The van der Waals surface area contributed by atoms with E-state index in [9.17, 15) is 0 Å². The topological polar surface area (TPSA) is 0 Å². The Morgan fingerprint density at radius 3 is 2.02 bits per heavy atom. The summed E-state index contributed by atoms with van der Waals surface area (Å²) in [6.07, 6.45) is 11.3. The molecular formula is C40H56Cl2SiZr-2. The van der Waals surface area contributed by atoms with E-state index in [4.69, 9.17) is 0 Å². The SMILES string of the molecule is CCC[Si](=[Zr+2])CCC.C[C-]1C2=C3Cc4ccccc4C3=C3C=CCCC3C2(C)C(C)(C)C(C)(C)C1(C)C.[Cl-].[Cl-].c1cc[cH-]c1. The molecule has 1 saturated carbocycles. The molecule has 4 aliphatic rings. The maximum Gasteiger partial charge on any atom is -0.00969 e. The summed E-state index contributed by atoms with van der Waals surface area (Å²) in [6, 6.07) is 22.3. The zero-order valence-electron chi connectivity index (χ0n) is 29.1. The molecule has 2 unspecified atom stereocenters. The number of benzene rings is 1. The summed E-state index contributed by atoms with van der Waals surface area (Å²) >= 11 is 1.84. The second-order valence-corrected chi connectivity index (χ2v) is 22.2. The molecule has 44 heavy (non-hydrogen) atoms. The molecule has 0 radical (unpaired) electrons. The third-order valence-corrected chi connectivity index (χ3v) is 18.3. The van der Waals surface area contributed by atoms with Crippen molar-refractivity contribution in [1.29, 1.82) is 0 Å². The molecule has 0 nitrogen and oxygen atoms in total. The molecule has 0 N–H and O–H groups in total. The van der Waals surface area contributed by atoms with Gasteiger partial charge >= 0.3 is 67.5 Å². The third kappa shape index (κ3) is 6.55. The fourth-order valence-electron chi connectivity index (χ4n) is 8.62. The Hall–Kier alpha value is -0.660. The van der Waals surface area contributed by atoms with Gasteiger partial charge in [-0.25, -0.2) is 18.1 Å².